The van der Waals surface area contributed by atoms with Crippen LogP contribution in [0.3, 0.4) is 0 Å². The molecule has 8 nitrogen and oxygen atoms in total. The van der Waals surface area contributed by atoms with Crippen molar-refractivity contribution in [3.63, 3.8) is 0 Å². The first-order valence-corrected chi connectivity index (χ1v) is 10.9. The van der Waals surface area contributed by atoms with E-state index in [1.165, 1.54) is 11.8 Å². The summed E-state index contributed by atoms with van der Waals surface area (Å²) in [6.07, 6.45) is 2.69. The molecule has 0 spiro atoms. The monoisotopic (exact) mass is 419 g/mol. The van der Waals surface area contributed by atoms with E-state index in [-0.39, 0.29) is 23.1 Å². The molecule has 3 unspecified atom stereocenters. The fraction of sp³-hybridized carbons (Fsp3) is 0.600. The van der Waals surface area contributed by atoms with Crippen molar-refractivity contribution in [2.75, 3.05) is 36.9 Å². The van der Waals surface area contributed by atoms with E-state index in [1.54, 1.807) is 18.0 Å². The highest BCUT2D eigenvalue weighted by atomic mass is 32.2. The van der Waals surface area contributed by atoms with Gasteiger partial charge in [-0.3, -0.25) is 9.59 Å². The van der Waals surface area contributed by atoms with Crippen LogP contribution in [0.5, 0.6) is 0 Å². The number of nitrogens with zero attached hydrogens (tertiary/aromatic N) is 3. The van der Waals surface area contributed by atoms with E-state index in [9.17, 15) is 14.9 Å². The molecule has 1 aliphatic heterocycles. The molecule has 1 saturated heterocycles. The first kappa shape index (κ1) is 22.8. The molecule has 1 fully saturated rings. The number of rotatable bonds is 11. The SMILES string of the molecule is CCNc1cc(NCCC2SC(CC(C#N)C(=O)OCC)N(CC)C2=O)ccn1. The van der Waals surface area contributed by atoms with Crippen molar-refractivity contribution in [2.24, 2.45) is 5.92 Å². The molecule has 1 aromatic rings. The van der Waals surface area contributed by atoms with Crippen LogP contribution in [-0.2, 0) is 14.3 Å². The Labute approximate surface area is 176 Å². The lowest BCUT2D eigenvalue weighted by Crippen LogP contribution is -2.36. The van der Waals surface area contributed by atoms with E-state index < -0.39 is 11.9 Å². The second kappa shape index (κ2) is 11.5. The first-order valence-electron chi connectivity index (χ1n) is 9.99. The minimum absolute atomic E-state index is 0.0629. The number of carbonyl (C=O) groups excluding carboxylic acids is 2. The largest absolute Gasteiger partial charge is 0.465 e. The van der Waals surface area contributed by atoms with Gasteiger partial charge in [0.05, 0.1) is 23.3 Å². The summed E-state index contributed by atoms with van der Waals surface area (Å²) < 4.78 is 4.97. The Bertz CT molecular complexity index is 739. The van der Waals surface area contributed by atoms with Crippen LogP contribution in [-0.4, -0.2) is 58.6 Å². The molecule has 1 aliphatic rings. The zero-order valence-corrected chi connectivity index (χ0v) is 18.0. The minimum atomic E-state index is -0.854. The van der Waals surface area contributed by atoms with E-state index in [0.29, 0.717) is 25.9 Å². The summed E-state index contributed by atoms with van der Waals surface area (Å²) in [7, 11) is 0. The number of aromatic nitrogens is 1. The smallest absolute Gasteiger partial charge is 0.323 e. The van der Waals surface area contributed by atoms with E-state index in [2.05, 4.69) is 15.6 Å². The fourth-order valence-electron chi connectivity index (χ4n) is 3.19. The number of anilines is 2. The fourth-order valence-corrected chi connectivity index (χ4v) is 4.78. The number of esters is 1. The van der Waals surface area contributed by atoms with Gasteiger partial charge in [-0.2, -0.15) is 5.26 Å². The van der Waals surface area contributed by atoms with Crippen molar-refractivity contribution < 1.29 is 14.3 Å². The third-order valence-electron chi connectivity index (χ3n) is 4.59. The second-order valence-electron chi connectivity index (χ2n) is 6.55. The van der Waals surface area contributed by atoms with Crippen LogP contribution in [0.1, 0.15) is 33.6 Å². The Kier molecular flexibility index (Phi) is 9.06. The molecule has 0 aromatic carbocycles. The van der Waals surface area contributed by atoms with Gasteiger partial charge in [-0.15, -0.1) is 11.8 Å². The molecule has 158 valence electrons. The average molecular weight is 420 g/mol. The van der Waals surface area contributed by atoms with Crippen LogP contribution in [0.4, 0.5) is 11.5 Å². The zero-order chi connectivity index (χ0) is 21.2. The molecular formula is C20H29N5O3S. The molecule has 2 heterocycles. The molecule has 3 atom stereocenters. The molecule has 29 heavy (non-hydrogen) atoms. The molecule has 0 radical (unpaired) electrons. The van der Waals surface area contributed by atoms with Gasteiger partial charge in [-0.1, -0.05) is 0 Å². The van der Waals surface area contributed by atoms with Gasteiger partial charge in [-0.25, -0.2) is 4.98 Å². The number of carbonyl (C=O) groups is 2. The summed E-state index contributed by atoms with van der Waals surface area (Å²) in [4.78, 5) is 30.7. The zero-order valence-electron chi connectivity index (χ0n) is 17.2. The van der Waals surface area contributed by atoms with Gasteiger partial charge in [0.15, 0.2) is 0 Å². The van der Waals surface area contributed by atoms with E-state index in [1.807, 2.05) is 32.0 Å². The molecule has 1 amide bonds. The number of hydrogen-bond donors (Lipinski definition) is 2. The standard InChI is InChI=1S/C20H29N5O3S/c1-4-22-17-12-15(7-9-24-17)23-10-8-16-19(26)25(5-2)18(29-16)11-14(13-21)20(27)28-6-3/h7,9,12,14,16,18H,4-6,8,10-11H2,1-3H3,(H2,22,23,24). The summed E-state index contributed by atoms with van der Waals surface area (Å²) in [5, 5.41) is 15.4. The quantitative estimate of drug-likeness (QED) is 0.527. The third kappa shape index (κ3) is 6.26. The number of thioether (sulfide) groups is 1. The second-order valence-corrected chi connectivity index (χ2v) is 7.93. The molecule has 2 N–H and O–H groups in total. The maximum absolute atomic E-state index is 12.8. The summed E-state index contributed by atoms with van der Waals surface area (Å²) >= 11 is 1.53. The van der Waals surface area contributed by atoms with Crippen molar-refractivity contribution in [1.82, 2.24) is 9.88 Å². The topological polar surface area (TPSA) is 107 Å². The third-order valence-corrected chi connectivity index (χ3v) is 6.11. The van der Waals surface area contributed by atoms with Crippen molar-refractivity contribution in [3.8, 4) is 6.07 Å². The van der Waals surface area contributed by atoms with Gasteiger partial charge in [0.25, 0.3) is 0 Å². The summed E-state index contributed by atoms with van der Waals surface area (Å²) in [6, 6.07) is 5.85. The van der Waals surface area contributed by atoms with Crippen molar-refractivity contribution in [2.45, 2.75) is 44.2 Å². The molecule has 0 aliphatic carbocycles. The van der Waals surface area contributed by atoms with Gasteiger partial charge in [0.2, 0.25) is 5.91 Å². The maximum Gasteiger partial charge on any atom is 0.323 e. The van der Waals surface area contributed by atoms with Crippen molar-refractivity contribution in [3.05, 3.63) is 18.3 Å². The minimum Gasteiger partial charge on any atom is -0.465 e. The first-order chi connectivity index (χ1) is 14.0. The predicted molar refractivity (Wildman–Crippen MR) is 114 cm³/mol. The molecule has 0 saturated carbocycles. The van der Waals surface area contributed by atoms with Gasteiger partial charge in [-0.05, 0) is 33.3 Å². The lowest BCUT2D eigenvalue weighted by molar-refractivity contribution is -0.146. The summed E-state index contributed by atoms with van der Waals surface area (Å²) in [5.74, 6) is -0.499. The van der Waals surface area contributed by atoms with Gasteiger partial charge < -0.3 is 20.3 Å². The Morgan fingerprint density at radius 2 is 2.21 bits per heavy atom. The normalized spacial score (nSPS) is 19.5. The Balaban J connectivity index is 1.92. The van der Waals surface area contributed by atoms with E-state index >= 15 is 0 Å². The molecule has 1 aromatic heterocycles. The summed E-state index contributed by atoms with van der Waals surface area (Å²) in [5.41, 5.74) is 0.946. The molecule has 9 heteroatoms. The predicted octanol–water partition coefficient (Wildman–Crippen LogP) is 2.70. The van der Waals surface area contributed by atoms with Crippen LogP contribution < -0.4 is 10.6 Å². The number of ether oxygens (including phenoxy) is 1. The highest BCUT2D eigenvalue weighted by Crippen LogP contribution is 2.37. The number of pyridine rings is 1. The lowest BCUT2D eigenvalue weighted by Gasteiger charge is -2.23. The maximum atomic E-state index is 12.8. The lowest BCUT2D eigenvalue weighted by atomic mass is 10.1. The molecule has 0 bridgehead atoms. The average Bonchev–Trinajstić information content (AvgIpc) is 3.01. The van der Waals surface area contributed by atoms with E-state index in [0.717, 1.165) is 18.1 Å². The Morgan fingerprint density at radius 1 is 1.41 bits per heavy atom. The Hall–Kier alpha value is -2.47. The highest BCUT2D eigenvalue weighted by molar-refractivity contribution is 8.01. The van der Waals surface area contributed by atoms with Gasteiger partial charge >= 0.3 is 5.97 Å². The molecule has 2 rings (SSSR count). The van der Waals surface area contributed by atoms with Gasteiger partial charge in [0, 0.05) is 44.0 Å². The Morgan fingerprint density at radius 3 is 2.86 bits per heavy atom. The van der Waals surface area contributed by atoms with Crippen molar-refractivity contribution in [1.29, 1.82) is 5.26 Å². The van der Waals surface area contributed by atoms with Crippen molar-refractivity contribution >= 4 is 35.1 Å². The van der Waals surface area contributed by atoms with Crippen LogP contribution in [0.25, 0.3) is 0 Å². The summed E-state index contributed by atoms with van der Waals surface area (Å²) in [6.45, 7) is 7.88. The molecular weight excluding hydrogens is 390 g/mol. The number of nitrogens with one attached hydrogen (secondary N) is 2. The van der Waals surface area contributed by atoms with Crippen LogP contribution >= 0.6 is 11.8 Å². The number of nitriles is 1. The van der Waals surface area contributed by atoms with Crippen LogP contribution in [0, 0.1) is 17.2 Å². The van der Waals surface area contributed by atoms with E-state index in [4.69, 9.17) is 4.74 Å². The number of amides is 1. The van der Waals surface area contributed by atoms with Crippen LogP contribution in [0.2, 0.25) is 0 Å². The van der Waals surface area contributed by atoms with Gasteiger partial charge in [0.1, 0.15) is 11.7 Å². The van der Waals surface area contributed by atoms with Crippen LogP contribution in [0.15, 0.2) is 18.3 Å². The number of hydrogen-bond acceptors (Lipinski definition) is 8. The highest BCUT2D eigenvalue weighted by Gasteiger charge is 2.41.